The molecule has 76 valence electrons. The highest BCUT2D eigenvalue weighted by molar-refractivity contribution is 7.09. The number of thiophene rings is 1. The topological polar surface area (TPSA) is 35.5 Å². The van der Waals surface area contributed by atoms with Gasteiger partial charge >= 0.3 is 5.97 Å². The number of rotatable bonds is 3. The quantitative estimate of drug-likeness (QED) is 0.712. The average molecular weight is 212 g/mol. The number of esters is 1. The fourth-order valence-corrected chi connectivity index (χ4v) is 2.45. The summed E-state index contributed by atoms with van der Waals surface area (Å²) >= 11 is 1.66. The summed E-state index contributed by atoms with van der Waals surface area (Å²) in [4.78, 5) is 12.8. The van der Waals surface area contributed by atoms with E-state index in [1.165, 1.54) is 12.0 Å². The Morgan fingerprint density at radius 1 is 1.71 bits per heavy atom. The van der Waals surface area contributed by atoms with Gasteiger partial charge in [-0.3, -0.25) is 4.79 Å². The molecule has 0 spiro atoms. The summed E-state index contributed by atoms with van der Waals surface area (Å²) in [5, 5.41) is 2.01. The monoisotopic (exact) mass is 212 g/mol. The van der Waals surface area contributed by atoms with Crippen molar-refractivity contribution in [2.75, 3.05) is 20.3 Å². The van der Waals surface area contributed by atoms with Crippen LogP contribution in [0.1, 0.15) is 4.88 Å². The fourth-order valence-electron chi connectivity index (χ4n) is 1.60. The molecule has 1 fully saturated rings. The zero-order valence-electron chi connectivity index (χ0n) is 7.99. The molecule has 0 aromatic carbocycles. The molecule has 14 heavy (non-hydrogen) atoms. The molecule has 1 aliphatic rings. The van der Waals surface area contributed by atoms with Crippen molar-refractivity contribution in [3.8, 4) is 0 Å². The average Bonchev–Trinajstić information content (AvgIpc) is 2.62. The van der Waals surface area contributed by atoms with Gasteiger partial charge in [0.2, 0.25) is 0 Å². The Balaban J connectivity index is 2.10. The molecule has 2 heterocycles. The number of ether oxygens (including phenoxy) is 2. The standard InChI is InChI=1S/C10H12O3S/c1-12-9(11)10(6-13-7-10)5-8-3-2-4-14-8/h2-4H,5-7H2,1H3. The summed E-state index contributed by atoms with van der Waals surface area (Å²) in [5.74, 6) is -0.155. The van der Waals surface area contributed by atoms with Crippen LogP contribution in [0.2, 0.25) is 0 Å². The van der Waals surface area contributed by atoms with Gasteiger partial charge < -0.3 is 9.47 Å². The number of hydrogen-bond donors (Lipinski definition) is 0. The van der Waals surface area contributed by atoms with Crippen LogP contribution >= 0.6 is 11.3 Å². The molecule has 1 aromatic rings. The Morgan fingerprint density at radius 2 is 2.50 bits per heavy atom. The third-order valence-electron chi connectivity index (χ3n) is 2.47. The summed E-state index contributed by atoms with van der Waals surface area (Å²) in [6.45, 7) is 0.967. The number of hydrogen-bond acceptors (Lipinski definition) is 4. The third kappa shape index (κ3) is 1.55. The van der Waals surface area contributed by atoms with Crippen LogP contribution in [0.5, 0.6) is 0 Å². The van der Waals surface area contributed by atoms with Gasteiger partial charge in [-0.15, -0.1) is 11.3 Å². The minimum absolute atomic E-state index is 0.155. The second-order valence-electron chi connectivity index (χ2n) is 3.52. The van der Waals surface area contributed by atoms with E-state index < -0.39 is 5.41 Å². The van der Waals surface area contributed by atoms with E-state index in [1.807, 2.05) is 17.5 Å². The Kier molecular flexibility index (Phi) is 2.56. The smallest absolute Gasteiger partial charge is 0.316 e. The van der Waals surface area contributed by atoms with Crippen LogP contribution < -0.4 is 0 Å². The van der Waals surface area contributed by atoms with Gasteiger partial charge in [-0.25, -0.2) is 0 Å². The Morgan fingerprint density at radius 3 is 2.93 bits per heavy atom. The van der Waals surface area contributed by atoms with E-state index in [0.717, 1.165) is 6.42 Å². The lowest BCUT2D eigenvalue weighted by atomic mass is 9.82. The van der Waals surface area contributed by atoms with Crippen LogP contribution in [-0.4, -0.2) is 26.3 Å². The maximum absolute atomic E-state index is 11.5. The van der Waals surface area contributed by atoms with Crippen molar-refractivity contribution in [3.63, 3.8) is 0 Å². The van der Waals surface area contributed by atoms with Gasteiger partial charge in [0.25, 0.3) is 0 Å². The van der Waals surface area contributed by atoms with Gasteiger partial charge in [0.1, 0.15) is 5.41 Å². The molecule has 0 radical (unpaired) electrons. The highest BCUT2D eigenvalue weighted by Crippen LogP contribution is 2.34. The summed E-state index contributed by atoms with van der Waals surface area (Å²) in [6, 6.07) is 4.03. The summed E-state index contributed by atoms with van der Waals surface area (Å²) in [5.41, 5.74) is -0.417. The van der Waals surface area contributed by atoms with Crippen LogP contribution in [0.3, 0.4) is 0 Å². The molecule has 0 aliphatic carbocycles. The number of carbonyl (C=O) groups excluding carboxylic acids is 1. The molecule has 1 aliphatic heterocycles. The zero-order chi connectivity index (χ0) is 10.0. The van der Waals surface area contributed by atoms with Crippen molar-refractivity contribution < 1.29 is 14.3 Å². The molecule has 0 bridgehead atoms. The highest BCUT2D eigenvalue weighted by atomic mass is 32.1. The predicted molar refractivity (Wildman–Crippen MR) is 53.3 cm³/mol. The van der Waals surface area contributed by atoms with E-state index in [2.05, 4.69) is 0 Å². The molecule has 0 saturated carbocycles. The molecule has 1 saturated heterocycles. The summed E-state index contributed by atoms with van der Waals surface area (Å²) < 4.78 is 9.91. The molecule has 4 heteroatoms. The first-order valence-electron chi connectivity index (χ1n) is 4.45. The minimum Gasteiger partial charge on any atom is -0.468 e. The van der Waals surface area contributed by atoms with Crippen LogP contribution in [0.4, 0.5) is 0 Å². The van der Waals surface area contributed by atoms with Gasteiger partial charge in [0, 0.05) is 11.3 Å². The molecule has 2 rings (SSSR count). The predicted octanol–water partition coefficient (Wildman–Crippen LogP) is 1.48. The lowest BCUT2D eigenvalue weighted by Gasteiger charge is -2.38. The SMILES string of the molecule is COC(=O)C1(Cc2cccs2)COC1. The number of methoxy groups -OCH3 is 1. The third-order valence-corrected chi connectivity index (χ3v) is 3.34. The minimum atomic E-state index is -0.417. The molecule has 0 N–H and O–H groups in total. The first-order chi connectivity index (χ1) is 6.77. The van der Waals surface area contributed by atoms with Gasteiger partial charge in [-0.1, -0.05) is 6.07 Å². The maximum atomic E-state index is 11.5. The van der Waals surface area contributed by atoms with E-state index in [0.29, 0.717) is 13.2 Å². The lowest BCUT2D eigenvalue weighted by Crippen LogP contribution is -2.51. The molecule has 0 atom stereocenters. The van der Waals surface area contributed by atoms with E-state index in [-0.39, 0.29) is 5.97 Å². The molecule has 3 nitrogen and oxygen atoms in total. The van der Waals surface area contributed by atoms with E-state index in [9.17, 15) is 4.79 Å². The summed E-state index contributed by atoms with van der Waals surface area (Å²) in [6.07, 6.45) is 0.733. The van der Waals surface area contributed by atoms with Gasteiger partial charge in [-0.2, -0.15) is 0 Å². The van der Waals surface area contributed by atoms with Crippen molar-refractivity contribution >= 4 is 17.3 Å². The molecule has 0 unspecified atom stereocenters. The lowest BCUT2D eigenvalue weighted by molar-refractivity contribution is -0.182. The highest BCUT2D eigenvalue weighted by Gasteiger charge is 2.47. The molecular weight excluding hydrogens is 200 g/mol. The van der Waals surface area contributed by atoms with Crippen molar-refractivity contribution in [2.24, 2.45) is 5.41 Å². The Bertz CT molecular complexity index is 314. The van der Waals surface area contributed by atoms with E-state index in [1.54, 1.807) is 11.3 Å². The molecule has 0 amide bonds. The van der Waals surface area contributed by atoms with Crippen LogP contribution in [0.15, 0.2) is 17.5 Å². The van der Waals surface area contributed by atoms with Gasteiger partial charge in [0.05, 0.1) is 20.3 Å². The summed E-state index contributed by atoms with van der Waals surface area (Å²) in [7, 11) is 1.43. The molecular formula is C10H12O3S. The van der Waals surface area contributed by atoms with Gasteiger partial charge in [-0.05, 0) is 11.4 Å². The van der Waals surface area contributed by atoms with Crippen LogP contribution in [0.25, 0.3) is 0 Å². The van der Waals surface area contributed by atoms with E-state index >= 15 is 0 Å². The van der Waals surface area contributed by atoms with Crippen molar-refractivity contribution in [3.05, 3.63) is 22.4 Å². The van der Waals surface area contributed by atoms with Crippen molar-refractivity contribution in [1.29, 1.82) is 0 Å². The second kappa shape index (κ2) is 3.71. The second-order valence-corrected chi connectivity index (χ2v) is 4.55. The van der Waals surface area contributed by atoms with Crippen molar-refractivity contribution in [2.45, 2.75) is 6.42 Å². The first kappa shape index (κ1) is 9.68. The Labute approximate surface area is 86.6 Å². The fraction of sp³-hybridized carbons (Fsp3) is 0.500. The Hall–Kier alpha value is -0.870. The number of carbonyl (C=O) groups is 1. The normalized spacial score (nSPS) is 18.6. The van der Waals surface area contributed by atoms with Crippen LogP contribution in [-0.2, 0) is 20.7 Å². The van der Waals surface area contributed by atoms with Crippen molar-refractivity contribution in [1.82, 2.24) is 0 Å². The maximum Gasteiger partial charge on any atom is 0.316 e. The van der Waals surface area contributed by atoms with E-state index in [4.69, 9.17) is 9.47 Å². The largest absolute Gasteiger partial charge is 0.468 e. The first-order valence-corrected chi connectivity index (χ1v) is 5.33. The van der Waals surface area contributed by atoms with Crippen LogP contribution in [0, 0.1) is 5.41 Å². The zero-order valence-corrected chi connectivity index (χ0v) is 8.80. The van der Waals surface area contributed by atoms with Gasteiger partial charge in [0.15, 0.2) is 0 Å². The molecule has 1 aromatic heterocycles.